The van der Waals surface area contributed by atoms with E-state index in [0.29, 0.717) is 4.47 Å². The molecule has 1 heterocycles. The molecule has 4 aromatic carbocycles. The van der Waals surface area contributed by atoms with Gasteiger partial charge in [-0.3, -0.25) is 4.72 Å². The summed E-state index contributed by atoms with van der Waals surface area (Å²) in [5.41, 5.74) is 0.264. The van der Waals surface area contributed by atoms with Crippen molar-refractivity contribution < 1.29 is 25.4 Å². The van der Waals surface area contributed by atoms with Gasteiger partial charge in [0.2, 0.25) is 0 Å². The summed E-state index contributed by atoms with van der Waals surface area (Å²) in [7, 11) is -8.37. The van der Waals surface area contributed by atoms with Crippen molar-refractivity contribution in [2.75, 3.05) is 4.72 Å². The van der Waals surface area contributed by atoms with Gasteiger partial charge in [0.1, 0.15) is 10.6 Å². The Morgan fingerprint density at radius 2 is 1.39 bits per heavy atom. The summed E-state index contributed by atoms with van der Waals surface area (Å²) in [5, 5.41) is 0.253. The van der Waals surface area contributed by atoms with Crippen molar-refractivity contribution in [1.29, 1.82) is 0 Å². The Balaban J connectivity index is 1.44. The van der Waals surface area contributed by atoms with Crippen LogP contribution in [0.1, 0.15) is 0 Å². The largest absolute Gasteiger partial charge is 0.417 e. The van der Waals surface area contributed by atoms with Gasteiger partial charge in [0.15, 0.2) is 11.3 Å². The summed E-state index contributed by atoms with van der Waals surface area (Å²) < 4.78 is 64.8. The van der Waals surface area contributed by atoms with E-state index < -0.39 is 25.8 Å². The first-order chi connectivity index (χ1) is 18.1. The zero-order valence-electron chi connectivity index (χ0n) is 19.4. The summed E-state index contributed by atoms with van der Waals surface area (Å²) in [6, 6.07) is 27.2. The van der Waals surface area contributed by atoms with Gasteiger partial charge >= 0.3 is 15.7 Å². The number of anilines is 1. The predicted octanol–water partition coefficient (Wildman–Crippen LogP) is 5.79. The molecule has 0 atom stereocenters. The molecule has 0 aliphatic carbocycles. The summed E-state index contributed by atoms with van der Waals surface area (Å²) >= 11 is 3.22. The number of hydrogen-bond acceptors (Lipinski definition) is 7. The van der Waals surface area contributed by atoms with Crippen molar-refractivity contribution in [1.82, 2.24) is 0 Å². The molecule has 0 fully saturated rings. The van der Waals surface area contributed by atoms with Crippen LogP contribution in [0.4, 0.5) is 5.69 Å². The van der Waals surface area contributed by atoms with Crippen molar-refractivity contribution in [2.24, 2.45) is 0 Å². The van der Waals surface area contributed by atoms with Crippen LogP contribution in [0.15, 0.2) is 127 Å². The Bertz CT molecular complexity index is 1920. The molecule has 0 saturated heterocycles. The summed E-state index contributed by atoms with van der Waals surface area (Å²) in [4.78, 5) is 12.6. The van der Waals surface area contributed by atoms with Crippen molar-refractivity contribution in [2.45, 2.75) is 9.79 Å². The molecule has 0 unspecified atom stereocenters. The standard InChI is InChI=1S/C27H18BrNO7S2/c28-21-9-5-10-23(17-21)38(33,34)36-25-11-4-8-20-16-24(27(30)35-26(20)25)29-37(31,32)22-14-12-19(13-15-22)18-6-2-1-3-7-18/h1-17,29H. The fourth-order valence-corrected chi connectivity index (χ4v) is 6.28. The predicted molar refractivity (Wildman–Crippen MR) is 147 cm³/mol. The average Bonchev–Trinajstić information content (AvgIpc) is 2.90. The monoisotopic (exact) mass is 611 g/mol. The minimum Gasteiger partial charge on any atom is -0.417 e. The number of hydrogen-bond donors (Lipinski definition) is 1. The lowest BCUT2D eigenvalue weighted by molar-refractivity contribution is 0.475. The van der Waals surface area contributed by atoms with Crippen LogP contribution in [-0.2, 0) is 20.1 Å². The Morgan fingerprint density at radius 1 is 0.711 bits per heavy atom. The lowest BCUT2D eigenvalue weighted by Gasteiger charge is -2.11. The Kier molecular flexibility index (Phi) is 6.82. The van der Waals surface area contributed by atoms with Crippen LogP contribution in [0.3, 0.4) is 0 Å². The maximum Gasteiger partial charge on any atom is 0.360 e. The third kappa shape index (κ3) is 5.35. The molecule has 0 aliphatic rings. The van der Waals surface area contributed by atoms with Gasteiger partial charge in [0, 0.05) is 9.86 Å². The van der Waals surface area contributed by atoms with Gasteiger partial charge in [-0.1, -0.05) is 76.6 Å². The third-order valence-electron chi connectivity index (χ3n) is 5.52. The second kappa shape index (κ2) is 10.1. The second-order valence-corrected chi connectivity index (χ2v) is 12.3. The molecule has 38 heavy (non-hydrogen) atoms. The SMILES string of the molecule is O=c1oc2c(OS(=O)(=O)c3cccc(Br)c3)cccc2cc1NS(=O)(=O)c1ccc(-c2ccccc2)cc1. The van der Waals surface area contributed by atoms with Crippen molar-refractivity contribution >= 4 is 52.7 Å². The molecule has 8 nitrogen and oxygen atoms in total. The van der Waals surface area contributed by atoms with Crippen LogP contribution in [0.25, 0.3) is 22.1 Å². The van der Waals surface area contributed by atoms with Gasteiger partial charge < -0.3 is 8.60 Å². The normalized spacial score (nSPS) is 11.8. The van der Waals surface area contributed by atoms with E-state index in [4.69, 9.17) is 8.60 Å². The smallest absolute Gasteiger partial charge is 0.360 e. The van der Waals surface area contributed by atoms with E-state index >= 15 is 0 Å². The molecule has 0 saturated carbocycles. The lowest BCUT2D eigenvalue weighted by Crippen LogP contribution is -2.18. The van der Waals surface area contributed by atoms with E-state index in [0.717, 1.165) is 11.1 Å². The van der Waals surface area contributed by atoms with Crippen LogP contribution < -0.4 is 14.5 Å². The first-order valence-electron chi connectivity index (χ1n) is 11.1. The fraction of sp³-hybridized carbons (Fsp3) is 0. The first-order valence-corrected chi connectivity index (χ1v) is 14.8. The minimum atomic E-state index is -4.24. The first kappa shape index (κ1) is 25.7. The number of rotatable bonds is 7. The van der Waals surface area contributed by atoms with Crippen LogP contribution in [-0.4, -0.2) is 16.8 Å². The van der Waals surface area contributed by atoms with Crippen molar-refractivity contribution in [3.05, 3.63) is 118 Å². The van der Waals surface area contributed by atoms with Crippen LogP contribution >= 0.6 is 15.9 Å². The van der Waals surface area contributed by atoms with Gasteiger partial charge in [0.05, 0.1) is 4.90 Å². The maximum absolute atomic E-state index is 13.0. The molecule has 1 N–H and O–H groups in total. The summed E-state index contributed by atoms with van der Waals surface area (Å²) in [6.45, 7) is 0. The highest BCUT2D eigenvalue weighted by Gasteiger charge is 2.22. The Hall–Kier alpha value is -3.93. The van der Waals surface area contributed by atoms with E-state index in [9.17, 15) is 21.6 Å². The summed E-state index contributed by atoms with van der Waals surface area (Å²) in [6.07, 6.45) is 0. The number of para-hydroxylation sites is 1. The quantitative estimate of drug-likeness (QED) is 0.183. The third-order valence-corrected chi connectivity index (χ3v) is 8.63. The molecule has 0 amide bonds. The highest BCUT2D eigenvalue weighted by molar-refractivity contribution is 9.10. The molecular weight excluding hydrogens is 594 g/mol. The fourth-order valence-electron chi connectivity index (χ4n) is 3.70. The molecule has 192 valence electrons. The lowest BCUT2D eigenvalue weighted by atomic mass is 10.1. The molecule has 5 rings (SSSR count). The molecule has 0 spiro atoms. The molecule has 5 aromatic rings. The van der Waals surface area contributed by atoms with Gasteiger partial charge in [-0.25, -0.2) is 13.2 Å². The zero-order chi connectivity index (χ0) is 26.9. The average molecular weight is 612 g/mol. The highest BCUT2D eigenvalue weighted by atomic mass is 79.9. The van der Waals surface area contributed by atoms with Gasteiger partial charge in [0.25, 0.3) is 10.0 Å². The number of halogens is 1. The van der Waals surface area contributed by atoms with Crippen LogP contribution in [0.5, 0.6) is 5.75 Å². The Morgan fingerprint density at radius 3 is 2.11 bits per heavy atom. The summed E-state index contributed by atoms with van der Waals surface area (Å²) in [5.74, 6) is -0.217. The molecule has 0 bridgehead atoms. The number of benzene rings is 4. The van der Waals surface area contributed by atoms with E-state index in [1.165, 1.54) is 54.6 Å². The molecule has 1 aromatic heterocycles. The number of fused-ring (bicyclic) bond motifs is 1. The van der Waals surface area contributed by atoms with Crippen LogP contribution in [0.2, 0.25) is 0 Å². The topological polar surface area (TPSA) is 120 Å². The van der Waals surface area contributed by atoms with Gasteiger partial charge in [-0.15, -0.1) is 0 Å². The second-order valence-electron chi connectivity index (χ2n) is 8.11. The van der Waals surface area contributed by atoms with Crippen LogP contribution in [0, 0.1) is 0 Å². The van der Waals surface area contributed by atoms with Crippen molar-refractivity contribution in [3.8, 4) is 16.9 Å². The van der Waals surface area contributed by atoms with Gasteiger partial charge in [-0.05, 0) is 53.6 Å². The molecule has 11 heteroatoms. The van der Waals surface area contributed by atoms with Gasteiger partial charge in [-0.2, -0.15) is 8.42 Å². The maximum atomic E-state index is 13.0. The molecular formula is C27H18BrNO7S2. The number of nitrogens with one attached hydrogen (secondary N) is 1. The zero-order valence-corrected chi connectivity index (χ0v) is 22.6. The van der Waals surface area contributed by atoms with E-state index in [2.05, 4.69) is 20.7 Å². The molecule has 0 aliphatic heterocycles. The van der Waals surface area contributed by atoms with E-state index in [1.807, 2.05) is 30.3 Å². The number of sulfonamides is 1. The highest BCUT2D eigenvalue weighted by Crippen LogP contribution is 2.30. The van der Waals surface area contributed by atoms with E-state index in [1.54, 1.807) is 18.2 Å². The minimum absolute atomic E-state index is 0.0473. The molecule has 0 radical (unpaired) electrons. The van der Waals surface area contributed by atoms with E-state index in [-0.39, 0.29) is 32.2 Å². The Labute approximate surface area is 226 Å². The van der Waals surface area contributed by atoms with Crippen molar-refractivity contribution in [3.63, 3.8) is 0 Å².